The van der Waals surface area contributed by atoms with Gasteiger partial charge in [0.25, 0.3) is 47.1 Å². The molecule has 0 saturated heterocycles. The van der Waals surface area contributed by atoms with Crippen LogP contribution in [0.5, 0.6) is 69.6 Å². The molecule has 40 heteroatoms. The van der Waals surface area contributed by atoms with E-state index in [-0.39, 0.29) is 117 Å². The van der Waals surface area contributed by atoms with Gasteiger partial charge in [0.2, 0.25) is 17.5 Å². The van der Waals surface area contributed by atoms with Crippen molar-refractivity contribution in [2.24, 2.45) is 30.8 Å². The van der Waals surface area contributed by atoms with E-state index in [1.807, 2.05) is 0 Å². The summed E-state index contributed by atoms with van der Waals surface area (Å²) in [5, 5.41) is 38.3. The summed E-state index contributed by atoms with van der Waals surface area (Å²) < 4.78 is 99.8. The van der Waals surface area contributed by atoms with Crippen molar-refractivity contribution in [2.75, 3.05) is 60.9 Å². The van der Waals surface area contributed by atoms with Gasteiger partial charge in [-0.25, -0.2) is 19.3 Å². The molecule has 14 rings (SSSR count). The summed E-state index contributed by atoms with van der Waals surface area (Å²) in [5.74, 6) is -3.04. The van der Waals surface area contributed by atoms with Crippen LogP contribution in [-0.2, 0) is 38.4 Å². The van der Waals surface area contributed by atoms with Gasteiger partial charge >= 0.3 is 0 Å². The Morgan fingerprint density at radius 2 is 0.632 bits per heavy atom. The standard InChI is InChI=1S/C21H16ClFN4O5.C21H16ClFN4O4.C11H12N2O4.C10H5Cl2FN2O.C6H5ClO.C4HCl2FN2.CH4/c1-28-26-18(21-27-30-11-10-29-21)13-6-2-4-8-15(13)31-19-17(23)20(25-12-24-19)32-16-9-5-3-7-14(16)22;1-24-18(21-27-29-11-10-28-21)13-6-2-4-8-15(13)30-19-17(23)20(26-12-25-19)31-16-9-5-3-7-14(16)22;1-15-12-10(11-13-17-7-6-16-11)8-4-2-3-5-9(8)14;11-6-3-1-2-4-7(6)16-10-8(13)9(12)14-5-15-10;7-5-3-1-2-4-6(5)8;5-3-2(7)4(6)9-1-8-3;/h2-9,12H,10-11H2,1H3;2-9,12H,10-11H2,1H3;2-5,14H,6-7H2,1H3;1-5H;1-4,8H;1H;1H4/b26-18-;;12-10-;;;;. The molecule has 0 radical (unpaired) electrons. The Balaban J connectivity index is 0.000000182. The van der Waals surface area contributed by atoms with E-state index in [1.54, 1.807) is 177 Å². The number of phenolic OH excluding ortho intramolecular Hbond substituents is 2. The van der Waals surface area contributed by atoms with Gasteiger partial charge in [-0.15, -0.1) is 0 Å². The number of aromatic hydroxyl groups is 2. The topological polar surface area (TPSA) is 338 Å². The molecule has 4 aromatic heterocycles. The van der Waals surface area contributed by atoms with Crippen LogP contribution in [0.4, 0.5) is 17.6 Å². The summed E-state index contributed by atoms with van der Waals surface area (Å²) in [6.07, 6.45) is 4.44. The Labute approximate surface area is 681 Å². The number of benzene rings is 7. The molecule has 0 amide bonds. The van der Waals surface area contributed by atoms with Gasteiger partial charge in [-0.1, -0.05) is 184 Å². The van der Waals surface area contributed by atoms with E-state index >= 15 is 8.78 Å². The fourth-order valence-corrected chi connectivity index (χ4v) is 9.70. The average molecular weight is 1710 g/mol. The van der Waals surface area contributed by atoms with Crippen LogP contribution in [0, 0.1) is 23.3 Å². The minimum atomic E-state index is -0.915. The zero-order valence-electron chi connectivity index (χ0n) is 58.3. The van der Waals surface area contributed by atoms with Crippen molar-refractivity contribution >= 4 is 116 Å². The third kappa shape index (κ3) is 25.1. The summed E-state index contributed by atoms with van der Waals surface area (Å²) in [6.45, 7) is 2.05. The predicted octanol–water partition coefficient (Wildman–Crippen LogP) is 18.6. The summed E-state index contributed by atoms with van der Waals surface area (Å²) in [6, 6.07) is 46.9. The van der Waals surface area contributed by atoms with E-state index < -0.39 is 23.3 Å². The molecular weight excluding hydrogens is 1650 g/mol. The van der Waals surface area contributed by atoms with Crippen LogP contribution in [0.1, 0.15) is 24.1 Å². The molecule has 0 unspecified atom stereocenters. The second-order valence-corrected chi connectivity index (χ2v) is 23.7. The fraction of sp³-hybridized carbons (Fsp3) is 0.135. The molecular formula is C74H59Cl7F4N14O15. The monoisotopic (exact) mass is 1700 g/mol. The lowest BCUT2D eigenvalue weighted by Crippen LogP contribution is -2.25. The number of ether oxygens (including phenoxy) is 8. The molecule has 0 spiro atoms. The molecule has 114 heavy (non-hydrogen) atoms. The van der Waals surface area contributed by atoms with E-state index in [9.17, 15) is 13.9 Å². The zero-order chi connectivity index (χ0) is 80.4. The van der Waals surface area contributed by atoms with Crippen molar-refractivity contribution in [1.29, 1.82) is 0 Å². The number of phenols is 2. The molecule has 2 N–H and O–H groups in total. The molecule has 592 valence electrons. The lowest BCUT2D eigenvalue weighted by atomic mass is 10.1. The average Bonchev–Trinajstić information content (AvgIpc) is 0.809. The Morgan fingerprint density at radius 3 is 0.965 bits per heavy atom. The molecule has 11 aromatic rings. The van der Waals surface area contributed by atoms with Gasteiger partial charge < -0.3 is 72.3 Å². The van der Waals surface area contributed by atoms with Crippen LogP contribution >= 0.6 is 81.2 Å². The van der Waals surface area contributed by atoms with Crippen molar-refractivity contribution in [2.45, 2.75) is 7.43 Å². The maximum absolute atomic E-state index is 15.1. The van der Waals surface area contributed by atoms with Crippen molar-refractivity contribution in [1.82, 2.24) is 39.9 Å². The Kier molecular flexibility index (Phi) is 34.6. The Hall–Kier alpha value is -12.4. The van der Waals surface area contributed by atoms with Crippen molar-refractivity contribution in [3.05, 3.63) is 271 Å². The maximum Gasteiger partial charge on any atom is 0.280 e. The highest BCUT2D eigenvalue weighted by Crippen LogP contribution is 2.37. The van der Waals surface area contributed by atoms with Crippen LogP contribution < -0.4 is 23.7 Å². The number of hydrogen-bond donors (Lipinski definition) is 2. The Morgan fingerprint density at radius 1 is 0.342 bits per heavy atom. The first-order valence-corrected chi connectivity index (χ1v) is 34.7. The van der Waals surface area contributed by atoms with Crippen molar-refractivity contribution in [3.8, 4) is 69.6 Å². The molecule has 0 fully saturated rings. The van der Waals surface area contributed by atoms with Crippen molar-refractivity contribution in [3.63, 3.8) is 0 Å². The lowest BCUT2D eigenvalue weighted by Gasteiger charge is -2.17. The van der Waals surface area contributed by atoms with Gasteiger partial charge in [0, 0.05) is 12.6 Å². The van der Waals surface area contributed by atoms with E-state index in [2.05, 4.69) is 70.6 Å². The van der Waals surface area contributed by atoms with Crippen molar-refractivity contribution < 1.29 is 89.9 Å². The smallest absolute Gasteiger partial charge is 0.280 e. The molecule has 7 aromatic carbocycles. The minimum absolute atomic E-state index is 0. The summed E-state index contributed by atoms with van der Waals surface area (Å²) >= 11 is 39.3. The first-order valence-electron chi connectivity index (χ1n) is 32.1. The first-order chi connectivity index (χ1) is 54.9. The fourth-order valence-electron chi connectivity index (χ4n) is 8.60. The second kappa shape index (κ2) is 45.2. The van der Waals surface area contributed by atoms with Gasteiger partial charge in [0.15, 0.2) is 52.5 Å². The predicted molar refractivity (Wildman–Crippen MR) is 416 cm³/mol. The lowest BCUT2D eigenvalue weighted by molar-refractivity contribution is 0.0672. The van der Waals surface area contributed by atoms with Crippen LogP contribution in [0.15, 0.2) is 226 Å². The number of oxime groups is 5. The number of aliphatic imine (C=N–C) groups is 1. The number of hydrogen-bond acceptors (Lipinski definition) is 29. The van der Waals surface area contributed by atoms with Gasteiger partial charge in [0.1, 0.15) is 105 Å². The second-order valence-electron chi connectivity index (χ2n) is 21.0. The van der Waals surface area contributed by atoms with Gasteiger partial charge in [-0.2, -0.15) is 38.1 Å². The number of nitrogens with zero attached hydrogens (tertiary/aromatic N) is 14. The summed E-state index contributed by atoms with van der Waals surface area (Å²) in [4.78, 5) is 58.1. The maximum atomic E-state index is 15.1. The molecule has 3 aliphatic rings. The van der Waals surface area contributed by atoms with Crippen LogP contribution in [-0.4, -0.2) is 146 Å². The Bertz CT molecular complexity index is 5210. The molecule has 0 bridgehead atoms. The highest BCUT2D eigenvalue weighted by Gasteiger charge is 2.27. The van der Waals surface area contributed by atoms with Crippen LogP contribution in [0.2, 0.25) is 35.5 Å². The van der Waals surface area contributed by atoms with Gasteiger partial charge in [0.05, 0.1) is 31.2 Å². The minimum Gasteiger partial charge on any atom is -0.507 e. The first kappa shape index (κ1) is 87.2. The molecule has 7 heterocycles. The van der Waals surface area contributed by atoms with E-state index in [4.69, 9.17) is 148 Å². The molecule has 3 aliphatic heterocycles. The largest absolute Gasteiger partial charge is 0.507 e. The third-order valence-electron chi connectivity index (χ3n) is 13.6. The molecule has 0 saturated carbocycles. The summed E-state index contributed by atoms with van der Waals surface area (Å²) in [7, 11) is 4.35. The number of halogens is 11. The number of para-hydroxylation sites is 7. The molecule has 0 aliphatic carbocycles. The highest BCUT2D eigenvalue weighted by atomic mass is 35.5. The third-order valence-corrected chi connectivity index (χ3v) is 15.6. The summed E-state index contributed by atoms with van der Waals surface area (Å²) in [5.41, 5.74) is 2.28. The van der Waals surface area contributed by atoms with E-state index in [1.165, 1.54) is 14.2 Å². The highest BCUT2D eigenvalue weighted by molar-refractivity contribution is 6.47. The molecule has 29 nitrogen and oxygen atoms in total. The van der Waals surface area contributed by atoms with Crippen LogP contribution in [0.25, 0.3) is 0 Å². The van der Waals surface area contributed by atoms with E-state index in [0.29, 0.717) is 87.0 Å². The van der Waals surface area contributed by atoms with E-state index in [0.717, 1.165) is 25.3 Å². The quantitative estimate of drug-likeness (QED) is 0.0349. The molecule has 0 atom stereocenters. The SMILES string of the molecule is C.CN=C(C1=NOCCO1)c1ccccc1Oc1ncnc(Oc2ccccc2Cl)c1F.CO/N=C(\C1=NOCCO1)c1ccccc1O.CO/N=C(\C1=NOCCO1)c1ccccc1Oc1ncnc(Oc2ccccc2Cl)c1F.Fc1c(Cl)ncnc1Cl.Fc1c(Cl)ncnc1Oc1ccccc1Cl.Oc1ccccc1Cl. The zero-order valence-corrected chi connectivity index (χ0v) is 63.6. The number of aromatic nitrogens is 8. The normalized spacial score (nSPS) is 12.6. The van der Waals surface area contributed by atoms with Crippen LogP contribution in [0.3, 0.4) is 0 Å². The van der Waals surface area contributed by atoms with Gasteiger partial charge in [-0.3, -0.25) is 4.99 Å². The van der Waals surface area contributed by atoms with Gasteiger partial charge in [-0.05, 0) is 100 Å². The number of rotatable bonds is 18.